The van der Waals surface area contributed by atoms with Gasteiger partial charge in [0, 0.05) is 17.6 Å². The maximum Gasteiger partial charge on any atom is 0.180 e. The highest BCUT2D eigenvalue weighted by molar-refractivity contribution is 7.13. The first-order valence-electron chi connectivity index (χ1n) is 5.70. The average Bonchev–Trinajstić information content (AvgIpc) is 2.73. The second kappa shape index (κ2) is 5.19. The molecule has 0 spiro atoms. The molecule has 0 saturated carbocycles. The zero-order valence-electron chi connectivity index (χ0n) is 10.2. The van der Waals surface area contributed by atoms with E-state index in [2.05, 4.69) is 48.0 Å². The average molecular weight is 247 g/mol. The van der Waals surface area contributed by atoms with Gasteiger partial charge in [-0.05, 0) is 26.0 Å². The minimum Gasteiger partial charge on any atom is -0.375 e. The molecule has 2 rings (SSSR count). The maximum absolute atomic E-state index is 5.64. The van der Waals surface area contributed by atoms with E-state index in [9.17, 15) is 0 Å². The molecular formula is C13H17N3S. The number of hydrogen-bond acceptors (Lipinski definition) is 4. The maximum atomic E-state index is 5.64. The summed E-state index contributed by atoms with van der Waals surface area (Å²) in [4.78, 5) is 6.58. The SMILES string of the molecule is CCN(Cc1csc(N)n1)c1ccc(C)cc1. The number of nitrogen functional groups attached to an aromatic ring is 1. The molecule has 2 N–H and O–H groups in total. The second-order valence-electron chi connectivity index (χ2n) is 4.03. The summed E-state index contributed by atoms with van der Waals surface area (Å²) in [6.45, 7) is 6.02. The van der Waals surface area contributed by atoms with Crippen LogP contribution in [0.2, 0.25) is 0 Å². The van der Waals surface area contributed by atoms with Crippen molar-refractivity contribution in [1.29, 1.82) is 0 Å². The number of aryl methyl sites for hydroxylation is 1. The predicted octanol–water partition coefficient (Wildman–Crippen LogP) is 3.06. The largest absolute Gasteiger partial charge is 0.375 e. The van der Waals surface area contributed by atoms with Crippen LogP contribution in [0.5, 0.6) is 0 Å². The van der Waals surface area contributed by atoms with Crippen LogP contribution in [0.1, 0.15) is 18.2 Å². The Morgan fingerprint density at radius 3 is 2.53 bits per heavy atom. The van der Waals surface area contributed by atoms with E-state index in [-0.39, 0.29) is 0 Å². The first kappa shape index (κ1) is 11.9. The highest BCUT2D eigenvalue weighted by Gasteiger charge is 2.07. The van der Waals surface area contributed by atoms with Crippen LogP contribution in [0.25, 0.3) is 0 Å². The van der Waals surface area contributed by atoms with Crippen molar-refractivity contribution in [1.82, 2.24) is 4.98 Å². The highest BCUT2D eigenvalue weighted by atomic mass is 32.1. The number of nitrogens with zero attached hydrogens (tertiary/aromatic N) is 2. The van der Waals surface area contributed by atoms with Gasteiger partial charge in [-0.3, -0.25) is 0 Å². The van der Waals surface area contributed by atoms with Crippen molar-refractivity contribution in [2.24, 2.45) is 0 Å². The number of rotatable bonds is 4. The van der Waals surface area contributed by atoms with Gasteiger partial charge in [-0.2, -0.15) is 0 Å². The van der Waals surface area contributed by atoms with Crippen LogP contribution >= 0.6 is 11.3 Å². The third-order valence-electron chi connectivity index (χ3n) is 2.70. The third kappa shape index (κ3) is 2.97. The molecule has 0 saturated heterocycles. The molecule has 0 bridgehead atoms. The van der Waals surface area contributed by atoms with Crippen molar-refractivity contribution in [3.05, 3.63) is 40.9 Å². The van der Waals surface area contributed by atoms with Crippen molar-refractivity contribution in [2.75, 3.05) is 17.2 Å². The Morgan fingerprint density at radius 2 is 2.00 bits per heavy atom. The zero-order chi connectivity index (χ0) is 12.3. The van der Waals surface area contributed by atoms with E-state index >= 15 is 0 Å². The number of thiazole rings is 1. The normalized spacial score (nSPS) is 10.5. The summed E-state index contributed by atoms with van der Waals surface area (Å²) in [6, 6.07) is 8.56. The second-order valence-corrected chi connectivity index (χ2v) is 4.92. The molecule has 1 aromatic heterocycles. The lowest BCUT2D eigenvalue weighted by molar-refractivity contribution is 0.816. The van der Waals surface area contributed by atoms with E-state index in [4.69, 9.17) is 5.73 Å². The predicted molar refractivity (Wildman–Crippen MR) is 74.4 cm³/mol. The Kier molecular flexibility index (Phi) is 3.64. The first-order chi connectivity index (χ1) is 8.19. The van der Waals surface area contributed by atoms with Gasteiger partial charge >= 0.3 is 0 Å². The molecule has 1 heterocycles. The lowest BCUT2D eigenvalue weighted by Gasteiger charge is -2.22. The fourth-order valence-corrected chi connectivity index (χ4v) is 2.29. The van der Waals surface area contributed by atoms with Gasteiger partial charge in [0.25, 0.3) is 0 Å². The molecule has 0 amide bonds. The van der Waals surface area contributed by atoms with Crippen molar-refractivity contribution >= 4 is 22.2 Å². The number of aromatic nitrogens is 1. The smallest absolute Gasteiger partial charge is 0.180 e. The molecule has 0 aliphatic carbocycles. The summed E-state index contributed by atoms with van der Waals surface area (Å²) in [5.74, 6) is 0. The van der Waals surface area contributed by atoms with Crippen LogP contribution in [0.4, 0.5) is 10.8 Å². The summed E-state index contributed by atoms with van der Waals surface area (Å²) in [7, 11) is 0. The van der Waals surface area contributed by atoms with E-state index in [1.165, 1.54) is 22.6 Å². The number of nitrogens with two attached hydrogens (primary N) is 1. The fourth-order valence-electron chi connectivity index (χ4n) is 1.73. The van der Waals surface area contributed by atoms with Crippen molar-refractivity contribution < 1.29 is 0 Å². The Labute approximate surface area is 106 Å². The molecule has 90 valence electrons. The minimum absolute atomic E-state index is 0.639. The number of hydrogen-bond donors (Lipinski definition) is 1. The molecule has 2 aromatic rings. The monoisotopic (exact) mass is 247 g/mol. The van der Waals surface area contributed by atoms with E-state index < -0.39 is 0 Å². The van der Waals surface area contributed by atoms with Crippen LogP contribution in [0.15, 0.2) is 29.6 Å². The molecule has 0 fully saturated rings. The minimum atomic E-state index is 0.639. The van der Waals surface area contributed by atoms with Crippen LogP contribution in [0, 0.1) is 6.92 Å². The van der Waals surface area contributed by atoms with Crippen molar-refractivity contribution in [3.8, 4) is 0 Å². The summed E-state index contributed by atoms with van der Waals surface area (Å²) in [5, 5.41) is 2.66. The zero-order valence-corrected chi connectivity index (χ0v) is 11.0. The van der Waals surface area contributed by atoms with Crippen LogP contribution in [-0.2, 0) is 6.54 Å². The molecular weight excluding hydrogens is 230 g/mol. The lowest BCUT2D eigenvalue weighted by atomic mass is 10.2. The summed E-state index contributed by atoms with van der Waals surface area (Å²) >= 11 is 1.49. The fraction of sp³-hybridized carbons (Fsp3) is 0.308. The van der Waals surface area contributed by atoms with Crippen molar-refractivity contribution in [2.45, 2.75) is 20.4 Å². The van der Waals surface area contributed by atoms with Gasteiger partial charge in [-0.25, -0.2) is 4.98 Å². The number of anilines is 2. The molecule has 0 aliphatic rings. The first-order valence-corrected chi connectivity index (χ1v) is 6.58. The van der Waals surface area contributed by atoms with Gasteiger partial charge in [-0.15, -0.1) is 11.3 Å². The number of benzene rings is 1. The van der Waals surface area contributed by atoms with Gasteiger partial charge in [0.2, 0.25) is 0 Å². The van der Waals surface area contributed by atoms with Gasteiger partial charge in [0.15, 0.2) is 5.13 Å². The van der Waals surface area contributed by atoms with E-state index in [1.54, 1.807) is 0 Å². The Balaban J connectivity index is 2.13. The van der Waals surface area contributed by atoms with Gasteiger partial charge in [0.1, 0.15) is 0 Å². The molecule has 17 heavy (non-hydrogen) atoms. The topological polar surface area (TPSA) is 42.1 Å². The van der Waals surface area contributed by atoms with Crippen LogP contribution in [-0.4, -0.2) is 11.5 Å². The standard InChI is InChI=1S/C13H17N3S/c1-3-16(8-11-9-17-13(14)15-11)12-6-4-10(2)5-7-12/h4-7,9H,3,8H2,1-2H3,(H2,14,15). The summed E-state index contributed by atoms with van der Waals surface area (Å²) < 4.78 is 0. The molecule has 3 nitrogen and oxygen atoms in total. The van der Waals surface area contributed by atoms with E-state index in [0.717, 1.165) is 18.8 Å². The molecule has 0 aliphatic heterocycles. The van der Waals surface area contributed by atoms with Gasteiger partial charge in [0.05, 0.1) is 12.2 Å². The Bertz CT molecular complexity index is 476. The molecule has 1 aromatic carbocycles. The lowest BCUT2D eigenvalue weighted by Crippen LogP contribution is -2.22. The van der Waals surface area contributed by atoms with Gasteiger partial charge < -0.3 is 10.6 Å². The molecule has 4 heteroatoms. The highest BCUT2D eigenvalue weighted by Crippen LogP contribution is 2.19. The van der Waals surface area contributed by atoms with Crippen LogP contribution < -0.4 is 10.6 Å². The van der Waals surface area contributed by atoms with E-state index in [0.29, 0.717) is 5.13 Å². The molecule has 0 radical (unpaired) electrons. The van der Waals surface area contributed by atoms with Crippen LogP contribution in [0.3, 0.4) is 0 Å². The quantitative estimate of drug-likeness (QED) is 0.903. The van der Waals surface area contributed by atoms with Gasteiger partial charge in [-0.1, -0.05) is 17.7 Å². The third-order valence-corrected chi connectivity index (χ3v) is 3.43. The Hall–Kier alpha value is -1.55. The summed E-state index contributed by atoms with van der Waals surface area (Å²) in [5.41, 5.74) is 9.19. The Morgan fingerprint density at radius 1 is 1.29 bits per heavy atom. The molecule has 0 atom stereocenters. The molecule has 0 unspecified atom stereocenters. The van der Waals surface area contributed by atoms with E-state index in [1.807, 2.05) is 5.38 Å². The summed E-state index contributed by atoms with van der Waals surface area (Å²) in [6.07, 6.45) is 0. The van der Waals surface area contributed by atoms with Crippen molar-refractivity contribution in [3.63, 3.8) is 0 Å².